The van der Waals surface area contributed by atoms with Gasteiger partial charge in [0.2, 0.25) is 0 Å². The first-order valence-corrected chi connectivity index (χ1v) is 6.85. The van der Waals surface area contributed by atoms with Crippen molar-refractivity contribution in [3.05, 3.63) is 29.8 Å². The first-order valence-electron chi connectivity index (χ1n) is 6.85. The van der Waals surface area contributed by atoms with Crippen LogP contribution in [0.2, 0.25) is 0 Å². The van der Waals surface area contributed by atoms with Crippen LogP contribution in [0.5, 0.6) is 0 Å². The number of hydrogen-bond donors (Lipinski definition) is 2. The Kier molecular flexibility index (Phi) is 6.03. The summed E-state index contributed by atoms with van der Waals surface area (Å²) in [6, 6.07) is 7.33. The summed E-state index contributed by atoms with van der Waals surface area (Å²) in [7, 11) is 0. The Morgan fingerprint density at radius 2 is 1.75 bits per heavy atom. The van der Waals surface area contributed by atoms with Crippen LogP contribution in [0.25, 0.3) is 0 Å². The van der Waals surface area contributed by atoms with Crippen molar-refractivity contribution in [2.75, 3.05) is 24.5 Å². The maximum absolute atomic E-state index is 11.9. The van der Waals surface area contributed by atoms with Crippen LogP contribution in [-0.4, -0.2) is 36.6 Å². The maximum Gasteiger partial charge on any atom is 0.308 e. The number of carbonyl (C=O) groups is 2. The van der Waals surface area contributed by atoms with Crippen molar-refractivity contribution in [3.63, 3.8) is 0 Å². The standard InChI is InChI=1S/C15H22N2O3/c1-4-17(5-2)13-8-6-12(7-9-13)14(18)16-10-11(3)15(19)20/h6-9,11H,4-5,10H2,1-3H3,(H,16,18)(H,19,20). The molecule has 1 rings (SSSR count). The van der Waals surface area contributed by atoms with Gasteiger partial charge in [0.15, 0.2) is 0 Å². The molecule has 1 atom stereocenters. The molecule has 110 valence electrons. The van der Waals surface area contributed by atoms with Gasteiger partial charge in [0, 0.05) is 30.9 Å². The van der Waals surface area contributed by atoms with Crippen molar-refractivity contribution in [1.29, 1.82) is 0 Å². The molecule has 1 aromatic carbocycles. The highest BCUT2D eigenvalue weighted by Gasteiger charge is 2.13. The third-order valence-electron chi connectivity index (χ3n) is 3.25. The molecule has 0 aromatic heterocycles. The number of nitrogens with zero attached hydrogens (tertiary/aromatic N) is 1. The third-order valence-corrected chi connectivity index (χ3v) is 3.25. The van der Waals surface area contributed by atoms with Gasteiger partial charge in [-0.25, -0.2) is 0 Å². The van der Waals surface area contributed by atoms with Crippen molar-refractivity contribution in [2.24, 2.45) is 5.92 Å². The zero-order valence-corrected chi connectivity index (χ0v) is 12.2. The minimum atomic E-state index is -0.915. The van der Waals surface area contributed by atoms with Crippen molar-refractivity contribution in [2.45, 2.75) is 20.8 Å². The van der Waals surface area contributed by atoms with Gasteiger partial charge in [-0.3, -0.25) is 9.59 Å². The van der Waals surface area contributed by atoms with E-state index >= 15 is 0 Å². The molecule has 5 nitrogen and oxygen atoms in total. The van der Waals surface area contributed by atoms with E-state index in [1.807, 2.05) is 12.1 Å². The molecule has 1 amide bonds. The summed E-state index contributed by atoms with van der Waals surface area (Å²) in [6.45, 7) is 7.68. The molecule has 1 unspecified atom stereocenters. The van der Waals surface area contributed by atoms with Gasteiger partial charge < -0.3 is 15.3 Å². The number of anilines is 1. The first-order chi connectivity index (χ1) is 9.49. The summed E-state index contributed by atoms with van der Waals surface area (Å²) in [5.74, 6) is -1.75. The second-order valence-corrected chi connectivity index (χ2v) is 4.67. The van der Waals surface area contributed by atoms with Gasteiger partial charge in [-0.15, -0.1) is 0 Å². The molecule has 0 saturated carbocycles. The first kappa shape index (κ1) is 16.0. The molecule has 0 saturated heterocycles. The fourth-order valence-corrected chi connectivity index (χ4v) is 1.85. The molecule has 0 aliphatic heterocycles. The van der Waals surface area contributed by atoms with E-state index in [2.05, 4.69) is 24.1 Å². The molecule has 0 aliphatic carbocycles. The minimum absolute atomic E-state index is 0.131. The molecule has 0 fully saturated rings. The molecule has 2 N–H and O–H groups in total. The van der Waals surface area contributed by atoms with E-state index in [0.29, 0.717) is 5.56 Å². The van der Waals surface area contributed by atoms with E-state index in [1.165, 1.54) is 0 Å². The number of rotatable bonds is 7. The second-order valence-electron chi connectivity index (χ2n) is 4.67. The molecule has 0 spiro atoms. The molecule has 1 aromatic rings. The van der Waals surface area contributed by atoms with Crippen molar-refractivity contribution >= 4 is 17.6 Å². The van der Waals surface area contributed by atoms with Crippen LogP contribution in [-0.2, 0) is 4.79 Å². The van der Waals surface area contributed by atoms with Gasteiger partial charge in [0.25, 0.3) is 5.91 Å². The van der Waals surface area contributed by atoms with Gasteiger partial charge in [-0.2, -0.15) is 0 Å². The monoisotopic (exact) mass is 278 g/mol. The van der Waals surface area contributed by atoms with Gasteiger partial charge in [-0.05, 0) is 38.1 Å². The van der Waals surface area contributed by atoms with E-state index in [9.17, 15) is 9.59 Å². The third kappa shape index (κ3) is 4.26. The van der Waals surface area contributed by atoms with Crippen LogP contribution < -0.4 is 10.2 Å². The van der Waals surface area contributed by atoms with Crippen LogP contribution in [0, 0.1) is 5.92 Å². The quantitative estimate of drug-likeness (QED) is 0.800. The van der Waals surface area contributed by atoms with Crippen LogP contribution in [0.4, 0.5) is 5.69 Å². The molecule has 0 radical (unpaired) electrons. The summed E-state index contributed by atoms with van der Waals surface area (Å²) >= 11 is 0. The van der Waals surface area contributed by atoms with Crippen LogP contribution in [0.15, 0.2) is 24.3 Å². The lowest BCUT2D eigenvalue weighted by atomic mass is 10.1. The second kappa shape index (κ2) is 7.53. The van der Waals surface area contributed by atoms with E-state index in [0.717, 1.165) is 18.8 Å². The zero-order chi connectivity index (χ0) is 15.1. The Labute approximate surface area is 119 Å². The van der Waals surface area contributed by atoms with E-state index in [4.69, 9.17) is 5.11 Å². The molecular weight excluding hydrogens is 256 g/mol. The minimum Gasteiger partial charge on any atom is -0.481 e. The fraction of sp³-hybridized carbons (Fsp3) is 0.467. The SMILES string of the molecule is CCN(CC)c1ccc(C(=O)NCC(C)C(=O)O)cc1. The average molecular weight is 278 g/mol. The van der Waals surface area contributed by atoms with Crippen molar-refractivity contribution in [3.8, 4) is 0 Å². The lowest BCUT2D eigenvalue weighted by Crippen LogP contribution is -2.31. The average Bonchev–Trinajstić information content (AvgIpc) is 2.46. The lowest BCUT2D eigenvalue weighted by molar-refractivity contribution is -0.140. The fourth-order valence-electron chi connectivity index (χ4n) is 1.85. The smallest absolute Gasteiger partial charge is 0.308 e. The molecule has 5 heteroatoms. The Balaban J connectivity index is 2.64. The highest BCUT2D eigenvalue weighted by atomic mass is 16.4. The number of carboxylic acid groups (broad SMARTS) is 1. The number of benzene rings is 1. The largest absolute Gasteiger partial charge is 0.481 e. The summed E-state index contributed by atoms with van der Waals surface area (Å²) in [5, 5.41) is 11.4. The van der Waals surface area contributed by atoms with Crippen molar-refractivity contribution < 1.29 is 14.7 Å². The Morgan fingerprint density at radius 3 is 2.20 bits per heavy atom. The number of amides is 1. The van der Waals surface area contributed by atoms with Gasteiger partial charge in [0.05, 0.1) is 5.92 Å². The van der Waals surface area contributed by atoms with Crippen molar-refractivity contribution in [1.82, 2.24) is 5.32 Å². The molecule has 0 aliphatic rings. The van der Waals surface area contributed by atoms with E-state index < -0.39 is 11.9 Å². The molecule has 20 heavy (non-hydrogen) atoms. The summed E-state index contributed by atoms with van der Waals surface area (Å²) in [6.07, 6.45) is 0. The Morgan fingerprint density at radius 1 is 1.20 bits per heavy atom. The zero-order valence-electron chi connectivity index (χ0n) is 12.2. The Bertz CT molecular complexity index is 453. The van der Waals surface area contributed by atoms with Crippen LogP contribution in [0.3, 0.4) is 0 Å². The number of carboxylic acids is 1. The topological polar surface area (TPSA) is 69.6 Å². The summed E-state index contributed by atoms with van der Waals surface area (Å²) < 4.78 is 0. The molecular formula is C15H22N2O3. The predicted molar refractivity (Wildman–Crippen MR) is 79.1 cm³/mol. The molecule has 0 bridgehead atoms. The highest BCUT2D eigenvalue weighted by molar-refractivity contribution is 5.94. The molecule has 0 heterocycles. The van der Waals surface area contributed by atoms with Gasteiger partial charge in [0.1, 0.15) is 0 Å². The number of hydrogen-bond acceptors (Lipinski definition) is 3. The predicted octanol–water partition coefficient (Wildman–Crippen LogP) is 1.98. The Hall–Kier alpha value is -2.04. The van der Waals surface area contributed by atoms with Crippen LogP contribution in [0.1, 0.15) is 31.1 Å². The lowest BCUT2D eigenvalue weighted by Gasteiger charge is -2.21. The maximum atomic E-state index is 11.9. The number of aliphatic carboxylic acids is 1. The summed E-state index contributed by atoms with van der Waals surface area (Å²) in [4.78, 5) is 24.7. The van der Waals surface area contributed by atoms with E-state index in [-0.39, 0.29) is 12.5 Å². The number of carbonyl (C=O) groups excluding carboxylic acids is 1. The highest BCUT2D eigenvalue weighted by Crippen LogP contribution is 2.14. The number of nitrogens with one attached hydrogen (secondary N) is 1. The van der Waals surface area contributed by atoms with Gasteiger partial charge >= 0.3 is 5.97 Å². The van der Waals surface area contributed by atoms with Crippen LogP contribution >= 0.6 is 0 Å². The normalized spacial score (nSPS) is 11.8. The van der Waals surface area contributed by atoms with E-state index in [1.54, 1.807) is 19.1 Å². The summed E-state index contributed by atoms with van der Waals surface area (Å²) in [5.41, 5.74) is 1.61. The van der Waals surface area contributed by atoms with Gasteiger partial charge in [-0.1, -0.05) is 6.92 Å².